The minimum atomic E-state index is -0.382. The molecule has 1 aromatic rings. The lowest BCUT2D eigenvalue weighted by molar-refractivity contribution is -0.139. The van der Waals surface area contributed by atoms with Crippen LogP contribution >= 0.6 is 0 Å². The summed E-state index contributed by atoms with van der Waals surface area (Å²) in [4.78, 5) is 10.8. The Kier molecular flexibility index (Phi) is 4.89. The van der Waals surface area contributed by atoms with Gasteiger partial charge in [-0.15, -0.1) is 0 Å². The highest BCUT2D eigenvalue weighted by atomic mass is 19.1. The molecule has 0 aliphatic heterocycles. The SMILES string of the molecule is COC(=O)CC=Cc1cc(CC#N)ccc1F. The molecule has 0 spiro atoms. The molecule has 17 heavy (non-hydrogen) atoms. The van der Waals surface area contributed by atoms with Gasteiger partial charge in [-0.25, -0.2) is 4.39 Å². The topological polar surface area (TPSA) is 50.1 Å². The van der Waals surface area contributed by atoms with E-state index in [9.17, 15) is 9.18 Å². The molecule has 0 bridgehead atoms. The van der Waals surface area contributed by atoms with Crippen LogP contribution in [0.25, 0.3) is 6.08 Å². The molecule has 0 saturated heterocycles. The van der Waals surface area contributed by atoms with Crippen molar-refractivity contribution in [3.8, 4) is 6.07 Å². The lowest BCUT2D eigenvalue weighted by atomic mass is 10.1. The van der Waals surface area contributed by atoms with Crippen molar-refractivity contribution in [2.75, 3.05) is 7.11 Å². The van der Waals surface area contributed by atoms with E-state index in [1.54, 1.807) is 12.1 Å². The monoisotopic (exact) mass is 233 g/mol. The molecule has 0 amide bonds. The van der Waals surface area contributed by atoms with E-state index >= 15 is 0 Å². The van der Waals surface area contributed by atoms with E-state index < -0.39 is 0 Å². The molecule has 3 nitrogen and oxygen atoms in total. The maximum absolute atomic E-state index is 13.4. The summed E-state index contributed by atoms with van der Waals surface area (Å²) < 4.78 is 17.8. The van der Waals surface area contributed by atoms with Crippen molar-refractivity contribution < 1.29 is 13.9 Å². The van der Waals surface area contributed by atoms with Crippen molar-refractivity contribution in [3.05, 3.63) is 41.2 Å². The van der Waals surface area contributed by atoms with E-state index in [1.807, 2.05) is 6.07 Å². The number of nitriles is 1. The summed E-state index contributed by atoms with van der Waals surface area (Å²) in [6.07, 6.45) is 3.37. The number of nitrogens with zero attached hydrogens (tertiary/aromatic N) is 1. The summed E-state index contributed by atoms with van der Waals surface area (Å²) in [6, 6.07) is 6.46. The third-order valence-electron chi connectivity index (χ3n) is 2.15. The average Bonchev–Trinajstić information content (AvgIpc) is 2.33. The fourth-order valence-electron chi connectivity index (χ4n) is 1.29. The van der Waals surface area contributed by atoms with E-state index in [-0.39, 0.29) is 24.6 Å². The van der Waals surface area contributed by atoms with Crippen LogP contribution in [-0.4, -0.2) is 13.1 Å². The predicted octanol–water partition coefficient (Wildman–Crippen LogP) is 2.47. The highest BCUT2D eigenvalue weighted by molar-refractivity contribution is 5.72. The van der Waals surface area contributed by atoms with Gasteiger partial charge in [0.2, 0.25) is 0 Å². The van der Waals surface area contributed by atoms with Crippen molar-refractivity contribution in [3.63, 3.8) is 0 Å². The van der Waals surface area contributed by atoms with Crippen LogP contribution in [0.15, 0.2) is 24.3 Å². The first-order valence-electron chi connectivity index (χ1n) is 5.06. The number of esters is 1. The Hall–Kier alpha value is -2.15. The zero-order chi connectivity index (χ0) is 12.7. The lowest BCUT2D eigenvalue weighted by Gasteiger charge is -2.00. The largest absolute Gasteiger partial charge is 0.469 e. The number of carbonyl (C=O) groups is 1. The Morgan fingerprint density at radius 2 is 2.35 bits per heavy atom. The van der Waals surface area contributed by atoms with Crippen LogP contribution in [0, 0.1) is 17.1 Å². The molecule has 0 atom stereocenters. The highest BCUT2D eigenvalue weighted by Crippen LogP contribution is 2.13. The molecular formula is C13H12FNO2. The molecule has 0 unspecified atom stereocenters. The first-order valence-corrected chi connectivity index (χ1v) is 5.06. The van der Waals surface area contributed by atoms with Crippen molar-refractivity contribution in [2.45, 2.75) is 12.8 Å². The molecule has 1 aromatic carbocycles. The first kappa shape index (κ1) is 12.9. The zero-order valence-electron chi connectivity index (χ0n) is 9.44. The van der Waals surface area contributed by atoms with Crippen molar-refractivity contribution in [2.24, 2.45) is 0 Å². The van der Waals surface area contributed by atoms with Crippen molar-refractivity contribution in [1.29, 1.82) is 5.26 Å². The smallest absolute Gasteiger partial charge is 0.309 e. The number of carbonyl (C=O) groups excluding carboxylic acids is 1. The van der Waals surface area contributed by atoms with Crippen LogP contribution < -0.4 is 0 Å². The molecular weight excluding hydrogens is 221 g/mol. The van der Waals surface area contributed by atoms with E-state index in [0.717, 1.165) is 5.56 Å². The Labute approximate surface area is 99.1 Å². The number of hydrogen-bond donors (Lipinski definition) is 0. The average molecular weight is 233 g/mol. The molecule has 88 valence electrons. The van der Waals surface area contributed by atoms with E-state index in [1.165, 1.54) is 25.3 Å². The number of rotatable bonds is 4. The standard InChI is InChI=1S/C13H12FNO2/c1-17-13(16)4-2-3-11-9-10(7-8-15)5-6-12(11)14/h2-3,5-6,9H,4,7H2,1H3. The van der Waals surface area contributed by atoms with Crippen LogP contribution in [0.3, 0.4) is 0 Å². The normalized spacial score (nSPS) is 10.2. The molecule has 4 heteroatoms. The van der Waals surface area contributed by atoms with Crippen molar-refractivity contribution in [1.82, 2.24) is 0 Å². The molecule has 1 rings (SSSR count). The van der Waals surface area contributed by atoms with Gasteiger partial charge in [0.05, 0.1) is 26.0 Å². The van der Waals surface area contributed by atoms with Gasteiger partial charge in [-0.3, -0.25) is 4.79 Å². The maximum atomic E-state index is 13.4. The van der Waals surface area contributed by atoms with Crippen LogP contribution in [-0.2, 0) is 16.0 Å². The number of ether oxygens (including phenoxy) is 1. The number of benzene rings is 1. The van der Waals surface area contributed by atoms with Gasteiger partial charge < -0.3 is 4.74 Å². The minimum Gasteiger partial charge on any atom is -0.469 e. The molecule has 0 aliphatic rings. The summed E-state index contributed by atoms with van der Waals surface area (Å²) in [7, 11) is 1.30. The Bertz CT molecular complexity index is 475. The van der Waals surface area contributed by atoms with E-state index in [2.05, 4.69) is 4.74 Å². The van der Waals surface area contributed by atoms with Gasteiger partial charge in [-0.05, 0) is 17.7 Å². The summed E-state index contributed by atoms with van der Waals surface area (Å²) in [6.45, 7) is 0. The summed E-state index contributed by atoms with van der Waals surface area (Å²) >= 11 is 0. The zero-order valence-corrected chi connectivity index (χ0v) is 9.44. The second kappa shape index (κ2) is 6.44. The third-order valence-corrected chi connectivity index (χ3v) is 2.15. The van der Waals surface area contributed by atoms with Crippen LogP contribution in [0.4, 0.5) is 4.39 Å². The molecule has 0 aromatic heterocycles. The fourth-order valence-corrected chi connectivity index (χ4v) is 1.29. The lowest BCUT2D eigenvalue weighted by Crippen LogP contribution is -1.96. The Morgan fingerprint density at radius 1 is 1.59 bits per heavy atom. The second-order valence-electron chi connectivity index (χ2n) is 3.37. The molecule has 0 saturated carbocycles. The summed E-state index contributed by atoms with van der Waals surface area (Å²) in [5.41, 5.74) is 1.10. The number of halogens is 1. The van der Waals surface area contributed by atoms with Gasteiger partial charge in [0, 0.05) is 5.56 Å². The maximum Gasteiger partial charge on any atom is 0.309 e. The number of hydrogen-bond acceptors (Lipinski definition) is 3. The van der Waals surface area contributed by atoms with Gasteiger partial charge in [0.25, 0.3) is 0 Å². The summed E-state index contributed by atoms with van der Waals surface area (Å²) in [5, 5.41) is 8.54. The first-order chi connectivity index (χ1) is 8.17. The third kappa shape index (κ3) is 4.07. The highest BCUT2D eigenvalue weighted by Gasteiger charge is 2.01. The fraction of sp³-hybridized carbons (Fsp3) is 0.231. The van der Waals surface area contributed by atoms with Crippen LogP contribution in [0.2, 0.25) is 0 Å². The Morgan fingerprint density at radius 3 is 3.00 bits per heavy atom. The quantitative estimate of drug-likeness (QED) is 0.750. The van der Waals surface area contributed by atoms with Gasteiger partial charge >= 0.3 is 5.97 Å². The van der Waals surface area contributed by atoms with Gasteiger partial charge in [0.15, 0.2) is 0 Å². The van der Waals surface area contributed by atoms with Gasteiger partial charge in [-0.1, -0.05) is 18.2 Å². The number of methoxy groups -OCH3 is 1. The van der Waals surface area contributed by atoms with Gasteiger partial charge in [0.1, 0.15) is 5.82 Å². The molecule has 0 aliphatic carbocycles. The molecule has 0 radical (unpaired) electrons. The van der Waals surface area contributed by atoms with Gasteiger partial charge in [-0.2, -0.15) is 5.26 Å². The second-order valence-corrected chi connectivity index (χ2v) is 3.37. The van der Waals surface area contributed by atoms with Crippen LogP contribution in [0.1, 0.15) is 17.5 Å². The molecule has 0 fully saturated rings. The Balaban J connectivity index is 2.79. The van der Waals surface area contributed by atoms with Crippen molar-refractivity contribution >= 4 is 12.0 Å². The minimum absolute atomic E-state index is 0.0957. The van der Waals surface area contributed by atoms with E-state index in [0.29, 0.717) is 5.56 Å². The molecule has 0 N–H and O–H groups in total. The predicted molar refractivity (Wildman–Crippen MR) is 61.4 cm³/mol. The van der Waals surface area contributed by atoms with E-state index in [4.69, 9.17) is 5.26 Å². The van der Waals surface area contributed by atoms with Crippen LogP contribution in [0.5, 0.6) is 0 Å². The summed E-state index contributed by atoms with van der Waals surface area (Å²) in [5.74, 6) is -0.761. The molecule has 0 heterocycles.